The number of nitrogens with one attached hydrogen (secondary N) is 4. The van der Waals surface area contributed by atoms with Crippen LogP contribution in [0.1, 0.15) is 31.2 Å². The summed E-state index contributed by atoms with van der Waals surface area (Å²) in [5.74, 6) is -4.75. The Kier molecular flexibility index (Phi) is 11.7. The topological polar surface area (TPSA) is 268 Å². The van der Waals surface area contributed by atoms with Crippen molar-refractivity contribution < 1.29 is 34.2 Å². The molecule has 3 amide bonds. The third-order valence-electron chi connectivity index (χ3n) is 5.73. The number of rotatable bonds is 16. The zero-order valence-electron chi connectivity index (χ0n) is 21.2. The Morgan fingerprint density at radius 1 is 0.923 bits per heavy atom. The van der Waals surface area contributed by atoms with Gasteiger partial charge in [0.25, 0.3) is 0 Å². The van der Waals surface area contributed by atoms with Crippen LogP contribution in [0.5, 0.6) is 0 Å². The van der Waals surface area contributed by atoms with E-state index in [9.17, 15) is 24.0 Å². The summed E-state index contributed by atoms with van der Waals surface area (Å²) in [4.78, 5) is 67.5. The molecule has 0 aliphatic rings. The summed E-state index contributed by atoms with van der Waals surface area (Å²) in [5, 5.41) is 25.9. The molecule has 39 heavy (non-hydrogen) atoms. The van der Waals surface area contributed by atoms with Gasteiger partial charge in [-0.2, -0.15) is 0 Å². The number of para-hydroxylation sites is 1. The van der Waals surface area contributed by atoms with Crippen LogP contribution in [0, 0.1) is 0 Å². The number of benzene rings is 1. The Labute approximate surface area is 223 Å². The lowest BCUT2D eigenvalue weighted by Crippen LogP contribution is -2.56. The standard InChI is InChI=1S/C24H34N8O7/c25-15(7-8-19(33)34)21(37)32-18(10-13-11-29-16-5-2-1-4-14(13)16)23(39)31-17(6-3-9-28-24(26)27)22(38)30-12-20(35)36/h1-2,4-5,11,15,17-18,29H,3,6-10,12,25H2,(H,30,38)(H,31,39)(H,32,37)(H,33,34)(H,35,36)(H4,26,27,28). The monoisotopic (exact) mass is 546 g/mol. The van der Waals surface area contributed by atoms with Crippen molar-refractivity contribution >= 4 is 46.5 Å². The number of carbonyl (C=O) groups excluding carboxylic acids is 3. The molecule has 1 aromatic heterocycles. The van der Waals surface area contributed by atoms with E-state index in [4.69, 9.17) is 27.4 Å². The molecule has 212 valence electrons. The predicted octanol–water partition coefficient (Wildman–Crippen LogP) is -1.87. The Balaban J connectivity index is 2.25. The number of nitrogens with two attached hydrogens (primary N) is 3. The second kappa shape index (κ2) is 14.9. The summed E-state index contributed by atoms with van der Waals surface area (Å²) in [7, 11) is 0. The van der Waals surface area contributed by atoms with Crippen LogP contribution < -0.4 is 33.2 Å². The molecule has 0 radical (unpaired) electrons. The van der Waals surface area contributed by atoms with Crippen molar-refractivity contribution in [2.75, 3.05) is 13.1 Å². The van der Waals surface area contributed by atoms with Gasteiger partial charge in [0, 0.05) is 36.5 Å². The summed E-state index contributed by atoms with van der Waals surface area (Å²) < 4.78 is 0. The average Bonchev–Trinajstić information content (AvgIpc) is 3.29. The smallest absolute Gasteiger partial charge is 0.322 e. The molecule has 3 unspecified atom stereocenters. The summed E-state index contributed by atoms with van der Waals surface area (Å²) >= 11 is 0. The number of carboxylic acids is 2. The molecule has 0 aliphatic carbocycles. The van der Waals surface area contributed by atoms with Crippen LogP contribution in [-0.2, 0) is 30.4 Å². The summed E-state index contributed by atoms with van der Waals surface area (Å²) in [6.07, 6.45) is 1.57. The normalized spacial score (nSPS) is 13.1. The number of aliphatic imine (C=N–C) groups is 1. The first-order chi connectivity index (χ1) is 18.5. The van der Waals surface area contributed by atoms with Crippen molar-refractivity contribution in [2.24, 2.45) is 22.2 Å². The van der Waals surface area contributed by atoms with Gasteiger partial charge in [0.05, 0.1) is 6.04 Å². The second-order valence-electron chi connectivity index (χ2n) is 8.79. The maximum Gasteiger partial charge on any atom is 0.322 e. The lowest BCUT2D eigenvalue weighted by atomic mass is 10.0. The van der Waals surface area contributed by atoms with Crippen LogP contribution in [0.25, 0.3) is 10.9 Å². The largest absolute Gasteiger partial charge is 0.481 e. The highest BCUT2D eigenvalue weighted by Gasteiger charge is 2.29. The highest BCUT2D eigenvalue weighted by Crippen LogP contribution is 2.19. The van der Waals surface area contributed by atoms with Gasteiger partial charge in [-0.1, -0.05) is 18.2 Å². The molecule has 0 saturated heterocycles. The number of hydrogen-bond acceptors (Lipinski definition) is 7. The molecule has 2 rings (SSSR count). The van der Waals surface area contributed by atoms with Gasteiger partial charge in [0.15, 0.2) is 5.96 Å². The van der Waals surface area contributed by atoms with Crippen molar-refractivity contribution in [3.05, 3.63) is 36.0 Å². The second-order valence-corrected chi connectivity index (χ2v) is 8.79. The van der Waals surface area contributed by atoms with E-state index in [1.165, 1.54) is 0 Å². The molecule has 1 aromatic carbocycles. The van der Waals surface area contributed by atoms with Crippen LogP contribution in [0.2, 0.25) is 0 Å². The lowest BCUT2D eigenvalue weighted by molar-refractivity contribution is -0.139. The van der Waals surface area contributed by atoms with E-state index in [2.05, 4.69) is 25.9 Å². The van der Waals surface area contributed by atoms with Crippen molar-refractivity contribution in [2.45, 2.75) is 50.2 Å². The Morgan fingerprint density at radius 2 is 1.62 bits per heavy atom. The molecule has 0 saturated carbocycles. The van der Waals surface area contributed by atoms with Gasteiger partial charge in [0.1, 0.15) is 18.6 Å². The number of fused-ring (bicyclic) bond motifs is 1. The molecule has 0 bridgehead atoms. The van der Waals surface area contributed by atoms with Crippen molar-refractivity contribution in [1.29, 1.82) is 0 Å². The van der Waals surface area contributed by atoms with Gasteiger partial charge in [-0.3, -0.25) is 29.0 Å². The number of amides is 3. The minimum Gasteiger partial charge on any atom is -0.481 e. The minimum atomic E-state index is -1.27. The van der Waals surface area contributed by atoms with Crippen LogP contribution in [0.15, 0.2) is 35.5 Å². The van der Waals surface area contributed by atoms with E-state index in [1.807, 2.05) is 24.3 Å². The zero-order chi connectivity index (χ0) is 28.9. The molecule has 12 N–H and O–H groups in total. The highest BCUT2D eigenvalue weighted by molar-refractivity contribution is 5.94. The van der Waals surface area contributed by atoms with Gasteiger partial charge in [-0.05, 0) is 30.9 Å². The molecule has 0 spiro atoms. The average molecular weight is 547 g/mol. The number of aliphatic carboxylic acids is 2. The molecule has 15 nitrogen and oxygen atoms in total. The van der Waals surface area contributed by atoms with Gasteiger partial charge in [0.2, 0.25) is 17.7 Å². The fraction of sp³-hybridized carbons (Fsp3) is 0.417. The number of aromatic amines is 1. The molecule has 1 heterocycles. The highest BCUT2D eigenvalue weighted by atomic mass is 16.4. The first-order valence-corrected chi connectivity index (χ1v) is 12.2. The summed E-state index contributed by atoms with van der Waals surface area (Å²) in [6.45, 7) is -0.498. The van der Waals surface area contributed by atoms with E-state index >= 15 is 0 Å². The zero-order valence-corrected chi connectivity index (χ0v) is 21.2. The van der Waals surface area contributed by atoms with Crippen molar-refractivity contribution in [1.82, 2.24) is 20.9 Å². The quantitative estimate of drug-likeness (QED) is 0.0642. The molecule has 2 aromatic rings. The molecular formula is C24H34N8O7. The third kappa shape index (κ3) is 10.3. The summed E-state index contributed by atoms with van der Waals surface area (Å²) in [5.41, 5.74) is 18.0. The molecule has 15 heteroatoms. The van der Waals surface area contributed by atoms with Crippen LogP contribution >= 0.6 is 0 Å². The first kappa shape index (κ1) is 30.6. The lowest BCUT2D eigenvalue weighted by Gasteiger charge is -2.24. The van der Waals surface area contributed by atoms with Gasteiger partial charge >= 0.3 is 11.9 Å². The Bertz CT molecular complexity index is 1210. The number of hydrogen-bond donors (Lipinski definition) is 9. The van der Waals surface area contributed by atoms with E-state index in [0.29, 0.717) is 5.56 Å². The Hall–Kier alpha value is -4.66. The maximum atomic E-state index is 13.4. The van der Waals surface area contributed by atoms with Crippen LogP contribution in [0.4, 0.5) is 0 Å². The number of aromatic nitrogens is 1. The minimum absolute atomic E-state index is 0.0186. The fourth-order valence-electron chi connectivity index (χ4n) is 3.75. The SMILES string of the molecule is NC(N)=NCCCC(NC(=O)C(Cc1c[nH]c2ccccc12)NC(=O)C(N)CCC(=O)O)C(=O)NCC(=O)O. The van der Waals surface area contributed by atoms with Crippen molar-refractivity contribution in [3.63, 3.8) is 0 Å². The fourth-order valence-corrected chi connectivity index (χ4v) is 3.75. The number of carbonyl (C=O) groups is 5. The number of nitrogens with zero attached hydrogens (tertiary/aromatic N) is 1. The first-order valence-electron chi connectivity index (χ1n) is 12.2. The van der Waals surface area contributed by atoms with Crippen molar-refractivity contribution in [3.8, 4) is 0 Å². The van der Waals surface area contributed by atoms with Gasteiger partial charge < -0.3 is 48.3 Å². The number of carboxylic acid groups (broad SMARTS) is 2. The summed E-state index contributed by atoms with van der Waals surface area (Å²) in [6, 6.07) is 3.78. The maximum absolute atomic E-state index is 13.4. The molecular weight excluding hydrogens is 512 g/mol. The molecule has 0 aliphatic heterocycles. The predicted molar refractivity (Wildman–Crippen MR) is 141 cm³/mol. The van der Waals surface area contributed by atoms with E-state index in [-0.39, 0.29) is 44.6 Å². The Morgan fingerprint density at radius 3 is 2.28 bits per heavy atom. The molecule has 3 atom stereocenters. The van der Waals surface area contributed by atoms with E-state index in [0.717, 1.165) is 10.9 Å². The van der Waals surface area contributed by atoms with Gasteiger partial charge in [-0.15, -0.1) is 0 Å². The van der Waals surface area contributed by atoms with E-state index < -0.39 is 54.3 Å². The van der Waals surface area contributed by atoms with Crippen LogP contribution in [0.3, 0.4) is 0 Å². The number of H-pyrrole nitrogens is 1. The van der Waals surface area contributed by atoms with E-state index in [1.54, 1.807) is 6.20 Å². The van der Waals surface area contributed by atoms with Crippen LogP contribution in [-0.4, -0.2) is 82.0 Å². The number of guanidine groups is 1. The third-order valence-corrected chi connectivity index (χ3v) is 5.73. The molecule has 0 fully saturated rings. The van der Waals surface area contributed by atoms with Gasteiger partial charge in [-0.25, -0.2) is 0 Å².